The van der Waals surface area contributed by atoms with Gasteiger partial charge in [-0.1, -0.05) is 18.2 Å². The van der Waals surface area contributed by atoms with Crippen LogP contribution in [0.2, 0.25) is 0 Å². The van der Waals surface area contributed by atoms with Gasteiger partial charge in [0.05, 0.1) is 5.92 Å². The minimum Gasteiger partial charge on any atom is -0.489 e. The topological polar surface area (TPSA) is 58.6 Å². The summed E-state index contributed by atoms with van der Waals surface area (Å²) in [4.78, 5) is 25.4. The van der Waals surface area contributed by atoms with Crippen LogP contribution in [0.5, 0.6) is 5.75 Å². The minimum atomic E-state index is -0.332. The summed E-state index contributed by atoms with van der Waals surface area (Å²) in [6.45, 7) is 0.741. The summed E-state index contributed by atoms with van der Waals surface area (Å²) >= 11 is 0. The fourth-order valence-electron chi connectivity index (χ4n) is 2.69. The van der Waals surface area contributed by atoms with Crippen molar-refractivity contribution in [2.75, 3.05) is 18.9 Å². The van der Waals surface area contributed by atoms with Crippen LogP contribution in [0, 0.1) is 11.7 Å². The molecule has 1 aliphatic rings. The predicted molar refractivity (Wildman–Crippen MR) is 91.5 cm³/mol. The van der Waals surface area contributed by atoms with Crippen molar-refractivity contribution < 1.29 is 18.7 Å². The zero-order chi connectivity index (χ0) is 17.8. The smallest absolute Gasteiger partial charge is 0.229 e. The number of carbonyl (C=O) groups excluding carboxylic acids is 2. The summed E-state index contributed by atoms with van der Waals surface area (Å²) in [6.07, 6.45) is 0.239. The lowest BCUT2D eigenvalue weighted by Crippen LogP contribution is -2.25. The van der Waals surface area contributed by atoms with E-state index in [0.717, 1.165) is 5.56 Å². The normalized spacial score (nSPS) is 16.8. The molecule has 3 rings (SSSR count). The molecule has 1 heterocycles. The molecule has 5 nitrogen and oxygen atoms in total. The second-order valence-electron chi connectivity index (χ2n) is 6.11. The number of amides is 2. The molecule has 1 fully saturated rings. The van der Waals surface area contributed by atoms with Crippen LogP contribution in [0.15, 0.2) is 48.5 Å². The highest BCUT2D eigenvalue weighted by Crippen LogP contribution is 2.22. The van der Waals surface area contributed by atoms with Crippen molar-refractivity contribution in [1.82, 2.24) is 4.90 Å². The second-order valence-corrected chi connectivity index (χ2v) is 6.11. The highest BCUT2D eigenvalue weighted by Gasteiger charge is 2.32. The van der Waals surface area contributed by atoms with Gasteiger partial charge in [-0.25, -0.2) is 4.39 Å². The molecule has 1 saturated heterocycles. The number of hydrogen-bond donors (Lipinski definition) is 1. The van der Waals surface area contributed by atoms with Gasteiger partial charge in [-0.05, 0) is 29.8 Å². The summed E-state index contributed by atoms with van der Waals surface area (Å²) in [5.74, 6) is -0.211. The third-order valence-electron chi connectivity index (χ3n) is 4.13. The van der Waals surface area contributed by atoms with Gasteiger partial charge in [-0.2, -0.15) is 0 Å². The maximum Gasteiger partial charge on any atom is 0.229 e. The number of benzene rings is 2. The van der Waals surface area contributed by atoms with E-state index in [4.69, 9.17) is 4.74 Å². The molecule has 0 unspecified atom stereocenters. The number of anilines is 1. The van der Waals surface area contributed by atoms with Gasteiger partial charge in [0, 0.05) is 31.8 Å². The van der Waals surface area contributed by atoms with Gasteiger partial charge < -0.3 is 15.0 Å². The molecule has 0 saturated carbocycles. The van der Waals surface area contributed by atoms with E-state index < -0.39 is 0 Å². The Kier molecular flexibility index (Phi) is 4.97. The van der Waals surface area contributed by atoms with Crippen molar-refractivity contribution in [3.63, 3.8) is 0 Å². The Morgan fingerprint density at radius 1 is 1.28 bits per heavy atom. The number of halogens is 1. The number of rotatable bonds is 5. The van der Waals surface area contributed by atoms with Crippen molar-refractivity contribution in [3.8, 4) is 5.75 Å². The summed E-state index contributed by atoms with van der Waals surface area (Å²) in [7, 11) is 1.69. The molecule has 2 aromatic carbocycles. The van der Waals surface area contributed by atoms with Crippen LogP contribution in [-0.4, -0.2) is 30.3 Å². The molecule has 1 atom stereocenters. The monoisotopic (exact) mass is 342 g/mol. The second kappa shape index (κ2) is 7.34. The molecular formula is C19H19FN2O3. The van der Waals surface area contributed by atoms with Gasteiger partial charge in [0.2, 0.25) is 11.8 Å². The number of carbonyl (C=O) groups is 2. The Bertz CT molecular complexity index is 776. The van der Waals surface area contributed by atoms with Crippen molar-refractivity contribution in [1.29, 1.82) is 0 Å². The Balaban J connectivity index is 1.58. The minimum absolute atomic E-state index is 0.0171. The lowest BCUT2D eigenvalue weighted by molar-refractivity contribution is -0.127. The van der Waals surface area contributed by atoms with Crippen LogP contribution in [0.3, 0.4) is 0 Å². The Morgan fingerprint density at radius 2 is 2.04 bits per heavy atom. The fraction of sp³-hybridized carbons (Fsp3) is 0.263. The first-order valence-corrected chi connectivity index (χ1v) is 8.03. The molecule has 2 aromatic rings. The van der Waals surface area contributed by atoms with Crippen molar-refractivity contribution >= 4 is 17.5 Å². The zero-order valence-corrected chi connectivity index (χ0v) is 13.9. The molecule has 6 heteroatoms. The lowest BCUT2D eigenvalue weighted by Gasteiger charge is -2.12. The van der Waals surface area contributed by atoms with Crippen LogP contribution in [0.4, 0.5) is 10.1 Å². The first-order valence-electron chi connectivity index (χ1n) is 8.03. The van der Waals surface area contributed by atoms with Crippen LogP contribution >= 0.6 is 0 Å². The van der Waals surface area contributed by atoms with Crippen molar-refractivity contribution in [2.45, 2.75) is 13.0 Å². The molecule has 0 spiro atoms. The number of nitrogens with one attached hydrogen (secondary N) is 1. The van der Waals surface area contributed by atoms with E-state index in [1.54, 1.807) is 48.3 Å². The molecule has 0 bridgehead atoms. The Morgan fingerprint density at radius 3 is 2.72 bits per heavy atom. The molecule has 2 amide bonds. The first-order chi connectivity index (χ1) is 12.0. The maximum atomic E-state index is 12.9. The highest BCUT2D eigenvalue weighted by molar-refractivity contribution is 5.97. The van der Waals surface area contributed by atoms with E-state index >= 15 is 0 Å². The number of hydrogen-bond acceptors (Lipinski definition) is 3. The predicted octanol–water partition coefficient (Wildman–Crippen LogP) is 2.82. The maximum absolute atomic E-state index is 12.9. The number of ether oxygens (including phenoxy) is 1. The number of nitrogens with zero attached hydrogens (tertiary/aromatic N) is 1. The third-order valence-corrected chi connectivity index (χ3v) is 4.13. The van der Waals surface area contributed by atoms with E-state index in [2.05, 4.69) is 5.32 Å². The quantitative estimate of drug-likeness (QED) is 0.909. The largest absolute Gasteiger partial charge is 0.489 e. The van der Waals surface area contributed by atoms with Crippen molar-refractivity contribution in [3.05, 3.63) is 59.9 Å². The highest BCUT2D eigenvalue weighted by atomic mass is 19.1. The Hall–Kier alpha value is -2.89. The van der Waals surface area contributed by atoms with Crippen molar-refractivity contribution in [2.24, 2.45) is 5.92 Å². The number of likely N-dealkylation sites (tertiary alicyclic amines) is 1. The lowest BCUT2D eigenvalue weighted by atomic mass is 10.1. The summed E-state index contributed by atoms with van der Waals surface area (Å²) in [5, 5.41) is 2.82. The van der Waals surface area contributed by atoms with E-state index in [1.165, 1.54) is 12.1 Å². The molecule has 130 valence electrons. The standard InChI is InChI=1S/C19H19FN2O3/c1-22-11-14(9-18(22)23)19(24)21-16-3-2-4-17(10-16)25-12-13-5-7-15(20)8-6-13/h2-8,10,14H,9,11-12H2,1H3,(H,21,24)/t14-/m1/s1. The summed E-state index contributed by atoms with van der Waals surface area (Å²) in [5.41, 5.74) is 1.46. The van der Waals surface area contributed by atoms with Crippen LogP contribution in [-0.2, 0) is 16.2 Å². The average Bonchev–Trinajstić information content (AvgIpc) is 2.94. The molecule has 0 radical (unpaired) electrons. The van der Waals surface area contributed by atoms with Gasteiger partial charge in [0.1, 0.15) is 18.2 Å². The van der Waals surface area contributed by atoms with Crippen LogP contribution in [0.25, 0.3) is 0 Å². The molecular weight excluding hydrogens is 323 g/mol. The van der Waals surface area contributed by atoms with Gasteiger partial charge in [0.25, 0.3) is 0 Å². The zero-order valence-electron chi connectivity index (χ0n) is 13.9. The SMILES string of the molecule is CN1C[C@H](C(=O)Nc2cccc(OCc3ccc(F)cc3)c2)CC1=O. The average molecular weight is 342 g/mol. The Labute approximate surface area is 145 Å². The van der Waals surface area contributed by atoms with E-state index in [9.17, 15) is 14.0 Å². The van der Waals surface area contributed by atoms with E-state index in [1.807, 2.05) is 0 Å². The molecule has 0 aliphatic carbocycles. The van der Waals surface area contributed by atoms with Crippen LogP contribution in [0.1, 0.15) is 12.0 Å². The fourth-order valence-corrected chi connectivity index (χ4v) is 2.69. The van der Waals surface area contributed by atoms with Gasteiger partial charge in [0.15, 0.2) is 0 Å². The molecule has 1 N–H and O–H groups in total. The summed E-state index contributed by atoms with van der Waals surface area (Å²) < 4.78 is 18.6. The van der Waals surface area contributed by atoms with Gasteiger partial charge >= 0.3 is 0 Å². The van der Waals surface area contributed by atoms with Crippen LogP contribution < -0.4 is 10.1 Å². The third kappa shape index (κ3) is 4.35. The van der Waals surface area contributed by atoms with Gasteiger partial charge in [-0.3, -0.25) is 9.59 Å². The molecule has 25 heavy (non-hydrogen) atoms. The molecule has 1 aliphatic heterocycles. The van der Waals surface area contributed by atoms with E-state index in [0.29, 0.717) is 24.6 Å². The summed E-state index contributed by atoms with van der Waals surface area (Å²) in [6, 6.07) is 13.1. The van der Waals surface area contributed by atoms with Gasteiger partial charge in [-0.15, -0.1) is 0 Å². The molecule has 0 aromatic heterocycles. The first kappa shape index (κ1) is 17.0. The van der Waals surface area contributed by atoms with E-state index in [-0.39, 0.29) is 30.0 Å².